The molecule has 2 aliphatic heterocycles. The van der Waals surface area contributed by atoms with Crippen molar-refractivity contribution in [2.45, 2.75) is 19.3 Å². The third-order valence-corrected chi connectivity index (χ3v) is 4.64. The Kier molecular flexibility index (Phi) is 3.57. The van der Waals surface area contributed by atoms with Crippen molar-refractivity contribution >= 4 is 34.5 Å². The summed E-state index contributed by atoms with van der Waals surface area (Å²) in [7, 11) is 0. The van der Waals surface area contributed by atoms with Crippen LogP contribution in [0.3, 0.4) is 0 Å². The molecular weight excluding hydrogens is 373 g/mol. The summed E-state index contributed by atoms with van der Waals surface area (Å²) in [5.74, 6) is 0.800. The van der Waals surface area contributed by atoms with Crippen molar-refractivity contribution in [1.82, 2.24) is 4.90 Å². The zero-order valence-corrected chi connectivity index (χ0v) is 13.0. The molecule has 1 amide bonds. The lowest BCUT2D eigenvalue weighted by Crippen LogP contribution is -2.31. The van der Waals surface area contributed by atoms with E-state index in [1.54, 1.807) is 0 Å². The maximum Gasteiger partial charge on any atom is 0.407 e. The minimum atomic E-state index is -0.899. The Hall–Kier alpha value is -1.31. The molecule has 0 aromatic heterocycles. The van der Waals surface area contributed by atoms with Gasteiger partial charge in [-0.15, -0.1) is 0 Å². The molecule has 3 rings (SSSR count). The molecule has 20 heavy (non-hydrogen) atoms. The van der Waals surface area contributed by atoms with Crippen molar-refractivity contribution in [2.75, 3.05) is 19.7 Å². The number of nitrogens with zero attached hydrogens (tertiary/aromatic N) is 1. The quantitative estimate of drug-likeness (QED) is 0.695. The van der Waals surface area contributed by atoms with Gasteiger partial charge in [0.1, 0.15) is 5.75 Å². The van der Waals surface area contributed by atoms with Crippen molar-refractivity contribution in [2.24, 2.45) is 0 Å². The number of halogens is 1. The molecule has 0 fully saturated rings. The number of carbonyl (C=O) groups excluding carboxylic acids is 1. The lowest BCUT2D eigenvalue weighted by atomic mass is 9.92. The molecule has 2 heterocycles. The molecule has 0 saturated heterocycles. The first kappa shape index (κ1) is 13.7. The predicted octanol–water partition coefficient (Wildman–Crippen LogP) is 2.34. The van der Waals surface area contributed by atoms with Crippen LogP contribution in [0.15, 0.2) is 6.07 Å². The number of rotatable bonds is 0. The molecule has 1 aromatic rings. The van der Waals surface area contributed by atoms with E-state index in [1.165, 1.54) is 4.90 Å². The van der Waals surface area contributed by atoms with Gasteiger partial charge in [0.25, 0.3) is 0 Å². The van der Waals surface area contributed by atoms with Crippen LogP contribution in [0.5, 0.6) is 5.75 Å². The average Bonchev–Trinajstić information content (AvgIpc) is 2.61. The minimum Gasteiger partial charge on any atom is -0.491 e. The fourth-order valence-corrected chi connectivity index (χ4v) is 3.64. The predicted molar refractivity (Wildman–Crippen MR) is 80.6 cm³/mol. The van der Waals surface area contributed by atoms with Gasteiger partial charge in [0.15, 0.2) is 5.78 Å². The maximum atomic E-state index is 12.2. The van der Waals surface area contributed by atoms with E-state index in [0.717, 1.165) is 14.7 Å². The number of fused-ring (bicyclic) bond motifs is 3. The number of carboxylic acid groups (broad SMARTS) is 1. The summed E-state index contributed by atoms with van der Waals surface area (Å²) in [6, 6.07) is 2.03. The van der Waals surface area contributed by atoms with Gasteiger partial charge in [-0.3, -0.25) is 4.79 Å². The summed E-state index contributed by atoms with van der Waals surface area (Å²) < 4.78 is 6.59. The molecule has 0 aliphatic carbocycles. The van der Waals surface area contributed by atoms with Crippen molar-refractivity contribution in [3.63, 3.8) is 0 Å². The molecule has 0 saturated carbocycles. The number of ketones is 1. The molecule has 1 N–H and O–H groups in total. The Morgan fingerprint density at radius 1 is 1.30 bits per heavy atom. The van der Waals surface area contributed by atoms with E-state index in [1.807, 2.05) is 6.07 Å². The van der Waals surface area contributed by atoms with E-state index in [0.29, 0.717) is 50.3 Å². The third-order valence-electron chi connectivity index (χ3n) is 3.84. The van der Waals surface area contributed by atoms with Crippen LogP contribution in [-0.2, 0) is 12.8 Å². The van der Waals surface area contributed by atoms with Gasteiger partial charge in [-0.2, -0.15) is 0 Å². The number of amides is 1. The zero-order valence-electron chi connectivity index (χ0n) is 10.8. The number of hydrogen-bond acceptors (Lipinski definition) is 3. The van der Waals surface area contributed by atoms with Gasteiger partial charge >= 0.3 is 6.09 Å². The lowest BCUT2D eigenvalue weighted by Gasteiger charge is -2.22. The minimum absolute atomic E-state index is 0.116. The number of carbonyl (C=O) groups is 2. The summed E-state index contributed by atoms with van der Waals surface area (Å²) >= 11 is 2.18. The van der Waals surface area contributed by atoms with Gasteiger partial charge in [0, 0.05) is 19.5 Å². The molecule has 0 bridgehead atoms. The molecular formula is C14H14INO4. The van der Waals surface area contributed by atoms with E-state index < -0.39 is 6.09 Å². The first-order valence-electron chi connectivity index (χ1n) is 6.56. The molecule has 0 radical (unpaired) electrons. The van der Waals surface area contributed by atoms with Crippen LogP contribution in [0.1, 0.15) is 27.9 Å². The zero-order chi connectivity index (χ0) is 14.3. The Balaban J connectivity index is 2.07. The highest BCUT2D eigenvalue weighted by molar-refractivity contribution is 14.1. The van der Waals surface area contributed by atoms with Crippen LogP contribution < -0.4 is 4.74 Å². The second kappa shape index (κ2) is 5.23. The molecule has 0 unspecified atom stereocenters. The highest BCUT2D eigenvalue weighted by atomic mass is 127. The fourth-order valence-electron chi connectivity index (χ4n) is 2.84. The SMILES string of the molecule is O=C1CCOc2c(I)cc3c(c21)CCN(C(=O)O)CC3. The van der Waals surface area contributed by atoms with Crippen LogP contribution in [0.2, 0.25) is 0 Å². The number of hydrogen-bond donors (Lipinski definition) is 1. The van der Waals surface area contributed by atoms with Gasteiger partial charge in [-0.1, -0.05) is 0 Å². The van der Waals surface area contributed by atoms with E-state index >= 15 is 0 Å². The van der Waals surface area contributed by atoms with E-state index in [9.17, 15) is 9.59 Å². The van der Waals surface area contributed by atoms with Gasteiger partial charge in [-0.05, 0) is 52.6 Å². The number of Topliss-reactive ketones (excluding diaryl/α,β-unsaturated/α-hetero) is 1. The second-order valence-corrected chi connectivity index (χ2v) is 6.15. The van der Waals surface area contributed by atoms with Gasteiger partial charge in [-0.25, -0.2) is 4.79 Å². The Morgan fingerprint density at radius 2 is 2.05 bits per heavy atom. The summed E-state index contributed by atoms with van der Waals surface area (Å²) in [6.07, 6.45) is 0.736. The summed E-state index contributed by atoms with van der Waals surface area (Å²) in [5, 5.41) is 9.12. The van der Waals surface area contributed by atoms with Crippen LogP contribution >= 0.6 is 22.6 Å². The third kappa shape index (κ3) is 2.25. The first-order chi connectivity index (χ1) is 9.58. The van der Waals surface area contributed by atoms with Crippen molar-refractivity contribution in [1.29, 1.82) is 0 Å². The molecule has 2 aliphatic rings. The van der Waals surface area contributed by atoms with E-state index in [2.05, 4.69) is 22.6 Å². The molecule has 106 valence electrons. The highest BCUT2D eigenvalue weighted by Crippen LogP contribution is 2.36. The van der Waals surface area contributed by atoms with Crippen molar-refractivity contribution < 1.29 is 19.4 Å². The fraction of sp³-hybridized carbons (Fsp3) is 0.429. The molecule has 0 spiro atoms. The molecule has 1 aromatic carbocycles. The maximum absolute atomic E-state index is 12.2. The monoisotopic (exact) mass is 387 g/mol. The van der Waals surface area contributed by atoms with Gasteiger partial charge in [0.2, 0.25) is 0 Å². The smallest absolute Gasteiger partial charge is 0.407 e. The van der Waals surface area contributed by atoms with Crippen LogP contribution in [0.4, 0.5) is 4.79 Å². The summed E-state index contributed by atoms with van der Waals surface area (Å²) in [6.45, 7) is 1.34. The molecule has 6 heteroatoms. The van der Waals surface area contributed by atoms with Gasteiger partial charge in [0.05, 0.1) is 15.7 Å². The Bertz CT molecular complexity index is 599. The van der Waals surface area contributed by atoms with Gasteiger partial charge < -0.3 is 14.7 Å². The van der Waals surface area contributed by atoms with Crippen LogP contribution in [0.25, 0.3) is 0 Å². The Morgan fingerprint density at radius 3 is 2.80 bits per heavy atom. The summed E-state index contributed by atoms with van der Waals surface area (Å²) in [5.41, 5.74) is 2.75. The first-order valence-corrected chi connectivity index (χ1v) is 7.64. The summed E-state index contributed by atoms with van der Waals surface area (Å²) in [4.78, 5) is 24.7. The average molecular weight is 387 g/mol. The van der Waals surface area contributed by atoms with Crippen molar-refractivity contribution in [3.8, 4) is 5.75 Å². The topological polar surface area (TPSA) is 66.8 Å². The largest absolute Gasteiger partial charge is 0.491 e. The standard InChI is InChI=1S/C14H14INO4/c15-10-7-8-1-4-16(14(18)19)5-2-9(8)12-11(17)3-6-20-13(10)12/h7H,1-6H2,(H,18,19). The highest BCUT2D eigenvalue weighted by Gasteiger charge is 2.29. The second-order valence-electron chi connectivity index (χ2n) is 4.99. The van der Waals surface area contributed by atoms with E-state index in [-0.39, 0.29) is 5.78 Å². The van der Waals surface area contributed by atoms with Crippen LogP contribution in [0, 0.1) is 3.57 Å². The molecule has 0 atom stereocenters. The number of benzene rings is 1. The van der Waals surface area contributed by atoms with Crippen LogP contribution in [-0.4, -0.2) is 41.6 Å². The van der Waals surface area contributed by atoms with E-state index in [4.69, 9.17) is 9.84 Å². The normalized spacial score (nSPS) is 17.9. The van der Waals surface area contributed by atoms with Crippen molar-refractivity contribution in [3.05, 3.63) is 26.3 Å². The number of ether oxygens (including phenoxy) is 1. The lowest BCUT2D eigenvalue weighted by molar-refractivity contribution is 0.0931. The molecule has 5 nitrogen and oxygen atoms in total. The Labute approximate surface area is 130 Å².